The molecule has 0 spiro atoms. The van der Waals surface area contributed by atoms with Crippen LogP contribution in [-0.4, -0.2) is 0 Å². The molecule has 1 nitrogen and oxygen atoms in total. The number of hydrogen-bond donors (Lipinski definition) is 0. The van der Waals surface area contributed by atoms with E-state index in [2.05, 4.69) is 0 Å². The molecule has 0 aliphatic heterocycles. The van der Waals surface area contributed by atoms with Gasteiger partial charge in [-0.05, 0) is 28.8 Å². The van der Waals surface area contributed by atoms with Gasteiger partial charge < -0.3 is 0 Å². The topological polar surface area (TPSA) is 17.1 Å². The summed E-state index contributed by atoms with van der Waals surface area (Å²) in [5, 5.41) is 1.23. The first kappa shape index (κ1) is 8.00. The van der Waals surface area contributed by atoms with E-state index in [1.807, 2.05) is 0 Å². The summed E-state index contributed by atoms with van der Waals surface area (Å²) in [7, 11) is -1.74. The lowest BCUT2D eigenvalue weighted by Crippen LogP contribution is -1.89. The molecule has 0 saturated heterocycles. The van der Waals surface area contributed by atoms with Crippen LogP contribution in [0.4, 0.5) is 0 Å². The maximum absolute atomic E-state index is 10.6. The van der Waals surface area contributed by atoms with Crippen LogP contribution in [0.2, 0.25) is 5.02 Å². The Morgan fingerprint density at radius 3 is 2.10 bits per heavy atom. The minimum absolute atomic E-state index is 0.612. The van der Waals surface area contributed by atoms with Crippen molar-refractivity contribution < 1.29 is 4.57 Å². The lowest BCUT2D eigenvalue weighted by Gasteiger charge is -1.83. The first-order chi connectivity index (χ1) is 4.70. The van der Waals surface area contributed by atoms with Crippen molar-refractivity contribution in [1.82, 2.24) is 0 Å². The van der Waals surface area contributed by atoms with E-state index in [4.69, 9.17) is 22.8 Å². The van der Waals surface area contributed by atoms with Gasteiger partial charge in [-0.15, -0.1) is 0 Å². The van der Waals surface area contributed by atoms with Gasteiger partial charge in [0.1, 0.15) is 0 Å². The molecule has 52 valence electrons. The molecule has 0 fully saturated rings. The number of rotatable bonds is 1. The summed E-state index contributed by atoms with van der Waals surface area (Å²) in [5.74, 6) is 0. The van der Waals surface area contributed by atoms with Crippen molar-refractivity contribution in [3.8, 4) is 0 Å². The molecule has 0 aliphatic rings. The molecule has 10 heavy (non-hydrogen) atoms. The molecule has 1 unspecified atom stereocenters. The third kappa shape index (κ3) is 1.95. The quantitative estimate of drug-likeness (QED) is 0.628. The SMILES string of the molecule is O=[P+](Cl)c1ccc(Cl)cc1. The molecule has 1 aromatic carbocycles. The Morgan fingerprint density at radius 1 is 1.20 bits per heavy atom. The zero-order chi connectivity index (χ0) is 7.56. The maximum atomic E-state index is 10.6. The highest BCUT2D eigenvalue weighted by Gasteiger charge is 2.14. The molecular formula is C6H4Cl2OP+. The number of hydrogen-bond acceptors (Lipinski definition) is 1. The van der Waals surface area contributed by atoms with Crippen LogP contribution in [0.3, 0.4) is 0 Å². The van der Waals surface area contributed by atoms with Crippen molar-refractivity contribution in [2.75, 3.05) is 0 Å². The van der Waals surface area contributed by atoms with Crippen LogP contribution < -0.4 is 5.30 Å². The second-order valence-corrected chi connectivity index (χ2v) is 4.08. The Morgan fingerprint density at radius 2 is 1.70 bits per heavy atom. The fourth-order valence-electron chi connectivity index (χ4n) is 0.558. The third-order valence-corrected chi connectivity index (χ3v) is 2.57. The molecule has 0 radical (unpaired) electrons. The van der Waals surface area contributed by atoms with Crippen molar-refractivity contribution in [2.24, 2.45) is 0 Å². The monoisotopic (exact) mass is 193 g/mol. The van der Waals surface area contributed by atoms with Gasteiger partial charge in [0, 0.05) is 5.02 Å². The Hall–Kier alpha value is -0.100. The van der Waals surface area contributed by atoms with E-state index < -0.39 is 7.15 Å². The van der Waals surface area contributed by atoms with Crippen molar-refractivity contribution in [3.05, 3.63) is 29.3 Å². The largest absolute Gasteiger partial charge is 0.494 e. The maximum Gasteiger partial charge on any atom is 0.494 e. The molecular weight excluding hydrogens is 190 g/mol. The average Bonchev–Trinajstić information content (AvgIpc) is 1.88. The lowest BCUT2D eigenvalue weighted by atomic mass is 10.4. The minimum atomic E-state index is -1.74. The van der Waals surface area contributed by atoms with Crippen LogP contribution in [0.15, 0.2) is 24.3 Å². The standard InChI is InChI=1S/C6H4Cl2OP/c7-5-1-3-6(4-2-5)10(8)9/h1-4H/q+1. The van der Waals surface area contributed by atoms with Crippen molar-refractivity contribution in [3.63, 3.8) is 0 Å². The van der Waals surface area contributed by atoms with Gasteiger partial charge in [0.2, 0.25) is 16.5 Å². The molecule has 0 aliphatic carbocycles. The van der Waals surface area contributed by atoms with Crippen LogP contribution in [0.25, 0.3) is 0 Å². The van der Waals surface area contributed by atoms with Gasteiger partial charge in [-0.2, -0.15) is 0 Å². The molecule has 1 aromatic rings. The normalized spacial score (nSPS) is 11.2. The second-order valence-electron chi connectivity index (χ2n) is 1.72. The van der Waals surface area contributed by atoms with E-state index in [1.54, 1.807) is 24.3 Å². The third-order valence-electron chi connectivity index (χ3n) is 1.03. The van der Waals surface area contributed by atoms with Gasteiger partial charge in [-0.25, -0.2) is 0 Å². The zero-order valence-corrected chi connectivity index (χ0v) is 7.33. The minimum Gasteiger partial charge on any atom is -0.0843 e. The first-order valence-corrected chi connectivity index (χ1v) is 5.13. The Bertz CT molecular complexity index is 244. The Kier molecular flexibility index (Phi) is 2.67. The highest BCUT2D eigenvalue weighted by molar-refractivity contribution is 7.80. The van der Waals surface area contributed by atoms with Crippen molar-refractivity contribution >= 4 is 35.3 Å². The lowest BCUT2D eigenvalue weighted by molar-refractivity contribution is 0.600. The molecule has 0 N–H and O–H groups in total. The van der Waals surface area contributed by atoms with Gasteiger partial charge >= 0.3 is 7.15 Å². The van der Waals surface area contributed by atoms with Crippen LogP contribution in [0.5, 0.6) is 0 Å². The fraction of sp³-hybridized carbons (Fsp3) is 0. The van der Waals surface area contributed by atoms with Crippen molar-refractivity contribution in [2.45, 2.75) is 0 Å². The summed E-state index contributed by atoms with van der Waals surface area (Å²) in [6.07, 6.45) is 0. The van der Waals surface area contributed by atoms with E-state index in [9.17, 15) is 4.57 Å². The Balaban J connectivity index is 3.00. The van der Waals surface area contributed by atoms with Crippen LogP contribution in [0.1, 0.15) is 0 Å². The van der Waals surface area contributed by atoms with Gasteiger partial charge in [0.25, 0.3) is 0 Å². The summed E-state index contributed by atoms with van der Waals surface area (Å²) in [6, 6.07) is 6.61. The summed E-state index contributed by atoms with van der Waals surface area (Å²) in [6.45, 7) is 0. The predicted molar refractivity (Wildman–Crippen MR) is 44.5 cm³/mol. The van der Waals surface area contributed by atoms with E-state index in [0.717, 1.165) is 0 Å². The highest BCUT2D eigenvalue weighted by atomic mass is 35.7. The second kappa shape index (κ2) is 3.34. The van der Waals surface area contributed by atoms with E-state index in [1.165, 1.54) is 0 Å². The van der Waals surface area contributed by atoms with E-state index in [-0.39, 0.29) is 0 Å². The molecule has 0 amide bonds. The number of benzene rings is 1. The predicted octanol–water partition coefficient (Wildman–Crippen LogP) is 2.95. The van der Waals surface area contributed by atoms with E-state index in [0.29, 0.717) is 10.3 Å². The fourth-order valence-corrected chi connectivity index (χ4v) is 1.41. The summed E-state index contributed by atoms with van der Waals surface area (Å²) in [5.41, 5.74) is 0. The zero-order valence-electron chi connectivity index (χ0n) is 4.92. The molecule has 1 atom stereocenters. The summed E-state index contributed by atoms with van der Waals surface area (Å²) >= 11 is 10.9. The van der Waals surface area contributed by atoms with Gasteiger partial charge in [-0.1, -0.05) is 11.6 Å². The smallest absolute Gasteiger partial charge is 0.0843 e. The van der Waals surface area contributed by atoms with Gasteiger partial charge in [0.15, 0.2) is 0 Å². The molecule has 0 saturated carbocycles. The van der Waals surface area contributed by atoms with E-state index >= 15 is 0 Å². The van der Waals surface area contributed by atoms with Crippen LogP contribution >= 0.6 is 30.0 Å². The number of halogens is 2. The van der Waals surface area contributed by atoms with Gasteiger partial charge in [-0.3, -0.25) is 0 Å². The average molecular weight is 194 g/mol. The van der Waals surface area contributed by atoms with Crippen LogP contribution in [-0.2, 0) is 4.57 Å². The summed E-state index contributed by atoms with van der Waals surface area (Å²) < 4.78 is 10.6. The van der Waals surface area contributed by atoms with Gasteiger partial charge in [0.05, 0.1) is 0 Å². The molecule has 1 rings (SSSR count). The first-order valence-electron chi connectivity index (χ1n) is 2.59. The Labute approximate surface area is 69.5 Å². The highest BCUT2D eigenvalue weighted by Crippen LogP contribution is 2.25. The van der Waals surface area contributed by atoms with Crippen LogP contribution in [0, 0.1) is 0 Å². The molecule has 0 bridgehead atoms. The molecule has 0 heterocycles. The molecule has 0 aromatic heterocycles. The molecule has 4 heteroatoms. The summed E-state index contributed by atoms with van der Waals surface area (Å²) in [4.78, 5) is 0. The van der Waals surface area contributed by atoms with Crippen molar-refractivity contribution in [1.29, 1.82) is 0 Å².